The Hall–Kier alpha value is -2.00. The SMILES string of the molecule is CC(=O)N(c1nnc(SC(C)C(=O)Nc2ccccc2F)s1)C1CC1. The third-order valence-electron chi connectivity index (χ3n) is 3.63. The van der Waals surface area contributed by atoms with Gasteiger partial charge in [0, 0.05) is 13.0 Å². The van der Waals surface area contributed by atoms with Gasteiger partial charge in [0.2, 0.25) is 16.9 Å². The van der Waals surface area contributed by atoms with Crippen molar-refractivity contribution in [2.45, 2.75) is 42.3 Å². The summed E-state index contributed by atoms with van der Waals surface area (Å²) in [7, 11) is 0. The molecule has 6 nitrogen and oxygen atoms in total. The molecule has 1 aliphatic carbocycles. The van der Waals surface area contributed by atoms with Gasteiger partial charge in [-0.2, -0.15) is 0 Å². The number of nitrogens with one attached hydrogen (secondary N) is 1. The number of aromatic nitrogens is 2. The molecule has 25 heavy (non-hydrogen) atoms. The first kappa shape index (κ1) is 17.8. The zero-order chi connectivity index (χ0) is 18.0. The molecular weight excluding hydrogens is 363 g/mol. The van der Waals surface area contributed by atoms with E-state index in [4.69, 9.17) is 0 Å². The molecule has 0 aliphatic heterocycles. The van der Waals surface area contributed by atoms with E-state index in [1.807, 2.05) is 0 Å². The lowest BCUT2D eigenvalue weighted by atomic mass is 10.3. The second-order valence-corrected chi connectivity index (χ2v) is 8.24. The van der Waals surface area contributed by atoms with Gasteiger partial charge < -0.3 is 5.32 Å². The van der Waals surface area contributed by atoms with Crippen LogP contribution >= 0.6 is 23.1 Å². The molecule has 1 unspecified atom stereocenters. The number of halogens is 1. The van der Waals surface area contributed by atoms with E-state index in [-0.39, 0.29) is 23.5 Å². The van der Waals surface area contributed by atoms with Gasteiger partial charge in [-0.25, -0.2) is 4.39 Å². The quantitative estimate of drug-likeness (QED) is 0.615. The van der Waals surface area contributed by atoms with Crippen LogP contribution in [0.2, 0.25) is 0 Å². The van der Waals surface area contributed by atoms with Crippen molar-refractivity contribution in [1.82, 2.24) is 10.2 Å². The maximum atomic E-state index is 13.6. The van der Waals surface area contributed by atoms with Gasteiger partial charge in [0.25, 0.3) is 0 Å². The monoisotopic (exact) mass is 380 g/mol. The van der Waals surface area contributed by atoms with Crippen LogP contribution in [0.3, 0.4) is 0 Å². The molecule has 1 atom stereocenters. The first-order chi connectivity index (χ1) is 12.0. The van der Waals surface area contributed by atoms with Crippen LogP contribution in [-0.2, 0) is 9.59 Å². The molecule has 1 saturated carbocycles. The van der Waals surface area contributed by atoms with Crippen LogP contribution < -0.4 is 10.2 Å². The molecule has 2 aromatic rings. The summed E-state index contributed by atoms with van der Waals surface area (Å²) in [5.41, 5.74) is 0.148. The first-order valence-electron chi connectivity index (χ1n) is 7.81. The molecule has 0 spiro atoms. The van der Waals surface area contributed by atoms with Crippen LogP contribution in [0.15, 0.2) is 28.6 Å². The van der Waals surface area contributed by atoms with Crippen LogP contribution in [-0.4, -0.2) is 33.3 Å². The number of benzene rings is 1. The van der Waals surface area contributed by atoms with Gasteiger partial charge in [-0.15, -0.1) is 10.2 Å². The molecule has 1 fully saturated rings. The van der Waals surface area contributed by atoms with Crippen molar-refractivity contribution in [3.8, 4) is 0 Å². The Morgan fingerprint density at radius 1 is 1.36 bits per heavy atom. The highest BCUT2D eigenvalue weighted by Crippen LogP contribution is 2.36. The van der Waals surface area contributed by atoms with Gasteiger partial charge in [-0.05, 0) is 31.9 Å². The average Bonchev–Trinajstić information content (AvgIpc) is 3.28. The zero-order valence-electron chi connectivity index (χ0n) is 13.7. The van der Waals surface area contributed by atoms with Gasteiger partial charge in [-0.1, -0.05) is 35.2 Å². The van der Waals surface area contributed by atoms with Gasteiger partial charge in [0.05, 0.1) is 10.9 Å². The molecule has 9 heteroatoms. The molecule has 3 rings (SSSR count). The molecular formula is C16H17FN4O2S2. The molecule has 0 bridgehead atoms. The predicted octanol–water partition coefficient (Wildman–Crippen LogP) is 3.31. The Labute approximate surface area is 152 Å². The van der Waals surface area contributed by atoms with Gasteiger partial charge in [0.1, 0.15) is 5.82 Å². The molecule has 1 aromatic carbocycles. The number of carbonyl (C=O) groups excluding carboxylic acids is 2. The summed E-state index contributed by atoms with van der Waals surface area (Å²) in [5.74, 6) is -0.856. The summed E-state index contributed by atoms with van der Waals surface area (Å²) >= 11 is 2.52. The van der Waals surface area contributed by atoms with Crippen LogP contribution in [0, 0.1) is 5.82 Å². The molecule has 1 heterocycles. The molecule has 0 radical (unpaired) electrons. The van der Waals surface area contributed by atoms with Crippen molar-refractivity contribution in [3.63, 3.8) is 0 Å². The van der Waals surface area contributed by atoms with E-state index in [0.717, 1.165) is 12.8 Å². The van der Waals surface area contributed by atoms with E-state index < -0.39 is 11.1 Å². The normalized spacial score (nSPS) is 14.8. The van der Waals surface area contributed by atoms with Crippen LogP contribution in [0.4, 0.5) is 15.2 Å². The van der Waals surface area contributed by atoms with Crippen molar-refractivity contribution >= 4 is 45.7 Å². The standard InChI is InChI=1S/C16H17FN4O2S2/c1-9(14(23)18-13-6-4-3-5-12(13)17)24-16-20-19-15(25-16)21(10(2)22)11-7-8-11/h3-6,9,11H,7-8H2,1-2H3,(H,18,23). The van der Waals surface area contributed by atoms with E-state index >= 15 is 0 Å². The number of nitrogens with zero attached hydrogens (tertiary/aromatic N) is 3. The second kappa shape index (κ2) is 7.49. The Balaban J connectivity index is 1.63. The minimum atomic E-state index is -0.480. The number of carbonyl (C=O) groups is 2. The van der Waals surface area contributed by atoms with E-state index in [1.165, 1.54) is 42.2 Å². The maximum absolute atomic E-state index is 13.6. The smallest absolute Gasteiger partial charge is 0.237 e. The number of anilines is 2. The summed E-state index contributed by atoms with van der Waals surface area (Å²) in [6, 6.07) is 6.23. The lowest BCUT2D eigenvalue weighted by Crippen LogP contribution is -2.30. The average molecular weight is 380 g/mol. The highest BCUT2D eigenvalue weighted by Gasteiger charge is 2.34. The number of rotatable bonds is 6. The Morgan fingerprint density at radius 3 is 2.72 bits per heavy atom. The lowest BCUT2D eigenvalue weighted by Gasteiger charge is -2.15. The predicted molar refractivity (Wildman–Crippen MR) is 96.4 cm³/mol. The largest absolute Gasteiger partial charge is 0.323 e. The maximum Gasteiger partial charge on any atom is 0.237 e. The number of thioether (sulfide) groups is 1. The van der Waals surface area contributed by atoms with E-state index in [0.29, 0.717) is 9.47 Å². The molecule has 1 N–H and O–H groups in total. The van der Waals surface area contributed by atoms with Gasteiger partial charge >= 0.3 is 0 Å². The van der Waals surface area contributed by atoms with Crippen LogP contribution in [0.1, 0.15) is 26.7 Å². The fourth-order valence-electron chi connectivity index (χ4n) is 2.23. The number of hydrogen-bond donors (Lipinski definition) is 1. The van der Waals surface area contributed by atoms with Crippen molar-refractivity contribution < 1.29 is 14.0 Å². The van der Waals surface area contributed by atoms with Gasteiger partial charge in [-0.3, -0.25) is 14.5 Å². The van der Waals surface area contributed by atoms with Crippen molar-refractivity contribution in [2.75, 3.05) is 10.2 Å². The first-order valence-corrected chi connectivity index (χ1v) is 9.50. The molecule has 0 saturated heterocycles. The van der Waals surface area contributed by atoms with Crippen molar-refractivity contribution in [1.29, 1.82) is 0 Å². The number of para-hydroxylation sites is 1. The third-order valence-corrected chi connectivity index (χ3v) is 5.74. The Bertz CT molecular complexity index is 794. The molecule has 1 aliphatic rings. The van der Waals surface area contributed by atoms with Crippen LogP contribution in [0.25, 0.3) is 0 Å². The summed E-state index contributed by atoms with van der Waals surface area (Å²) in [4.78, 5) is 25.6. The fraction of sp³-hybridized carbons (Fsp3) is 0.375. The number of hydrogen-bond acceptors (Lipinski definition) is 6. The van der Waals surface area contributed by atoms with Gasteiger partial charge in [0.15, 0.2) is 4.34 Å². The molecule has 132 valence electrons. The minimum absolute atomic E-state index is 0.0551. The van der Waals surface area contributed by atoms with E-state index in [2.05, 4.69) is 15.5 Å². The van der Waals surface area contributed by atoms with Crippen molar-refractivity contribution in [3.05, 3.63) is 30.1 Å². The zero-order valence-corrected chi connectivity index (χ0v) is 15.4. The molecule has 2 amide bonds. The highest BCUT2D eigenvalue weighted by molar-refractivity contribution is 8.02. The summed E-state index contributed by atoms with van der Waals surface area (Å²) < 4.78 is 14.2. The topological polar surface area (TPSA) is 75.2 Å². The van der Waals surface area contributed by atoms with Crippen LogP contribution in [0.5, 0.6) is 0 Å². The summed E-state index contributed by atoms with van der Waals surface area (Å²) in [5, 5.41) is 10.8. The summed E-state index contributed by atoms with van der Waals surface area (Å²) in [6.45, 7) is 3.22. The van der Waals surface area contributed by atoms with Crippen molar-refractivity contribution in [2.24, 2.45) is 0 Å². The third kappa shape index (κ3) is 4.35. The summed E-state index contributed by atoms with van der Waals surface area (Å²) in [6.07, 6.45) is 1.95. The lowest BCUT2D eigenvalue weighted by molar-refractivity contribution is -0.117. The Kier molecular flexibility index (Phi) is 5.33. The minimum Gasteiger partial charge on any atom is -0.323 e. The number of amides is 2. The Morgan fingerprint density at radius 2 is 2.08 bits per heavy atom. The fourth-order valence-corrected chi connectivity index (χ4v) is 4.33. The highest BCUT2D eigenvalue weighted by atomic mass is 32.2. The van der Waals surface area contributed by atoms with E-state index in [1.54, 1.807) is 24.0 Å². The van der Waals surface area contributed by atoms with E-state index in [9.17, 15) is 14.0 Å². The molecule has 1 aromatic heterocycles. The second-order valence-electron chi connectivity index (χ2n) is 5.70.